The van der Waals surface area contributed by atoms with E-state index in [1.54, 1.807) is 0 Å². The fourth-order valence-electron chi connectivity index (χ4n) is 1.28. The second kappa shape index (κ2) is 4.52. The van der Waals surface area contributed by atoms with E-state index in [9.17, 15) is 17.2 Å². The van der Waals surface area contributed by atoms with Crippen molar-refractivity contribution >= 4 is 10.1 Å². The van der Waals surface area contributed by atoms with Gasteiger partial charge < -0.3 is 9.47 Å². The molecule has 0 aliphatic heterocycles. The first kappa shape index (κ1) is 13.8. The molecule has 0 bridgehead atoms. The monoisotopic (exact) mass is 260 g/mol. The number of hydrogen-bond acceptors (Lipinski definition) is 5. The van der Waals surface area contributed by atoms with E-state index in [-0.39, 0.29) is 13.4 Å². The molecule has 0 unspecified atom stereocenters. The van der Waals surface area contributed by atoms with Gasteiger partial charge in [-0.15, -0.1) is 0 Å². The molecule has 1 saturated carbocycles. The van der Waals surface area contributed by atoms with Gasteiger partial charge in [-0.25, -0.2) is 8.78 Å². The largest absolute Gasteiger partial charge is 0.359 e. The van der Waals surface area contributed by atoms with Gasteiger partial charge in [-0.1, -0.05) is 0 Å². The van der Waals surface area contributed by atoms with Crippen LogP contribution in [0.5, 0.6) is 0 Å². The molecule has 1 atom stereocenters. The van der Waals surface area contributed by atoms with Crippen LogP contribution in [0.15, 0.2) is 0 Å². The maximum atomic E-state index is 13.1. The molecular formula is C8H14F2O5S. The summed E-state index contributed by atoms with van der Waals surface area (Å²) >= 11 is 0. The average Bonchev–Trinajstić information content (AvgIpc) is 2.65. The summed E-state index contributed by atoms with van der Waals surface area (Å²) in [4.78, 5) is 0. The molecule has 0 N–H and O–H groups in total. The standard InChI is InChI=1S/C8H14F2O5S/c1-13-6-14-4-7(3-8(7,9)10)5-15-16(2,11)12/h3-6H2,1-2H3/t7-/m0/s1. The summed E-state index contributed by atoms with van der Waals surface area (Å²) in [5.74, 6) is -2.94. The highest BCUT2D eigenvalue weighted by Crippen LogP contribution is 2.60. The Hall–Kier alpha value is -0.310. The SMILES string of the molecule is COCOC[C@]1(COS(C)(=O)=O)CC1(F)F. The summed E-state index contributed by atoms with van der Waals surface area (Å²) in [5, 5.41) is 0. The third-order valence-electron chi connectivity index (χ3n) is 2.34. The van der Waals surface area contributed by atoms with Crippen LogP contribution in [0.25, 0.3) is 0 Å². The third kappa shape index (κ3) is 3.34. The van der Waals surface area contributed by atoms with Crippen molar-refractivity contribution < 1.29 is 30.9 Å². The molecule has 0 radical (unpaired) electrons. The van der Waals surface area contributed by atoms with Crippen molar-refractivity contribution in [3.63, 3.8) is 0 Å². The number of hydrogen-bond donors (Lipinski definition) is 0. The Morgan fingerprint density at radius 2 is 1.88 bits per heavy atom. The van der Waals surface area contributed by atoms with Crippen LogP contribution < -0.4 is 0 Å². The Morgan fingerprint density at radius 1 is 1.31 bits per heavy atom. The van der Waals surface area contributed by atoms with Crippen molar-refractivity contribution in [2.45, 2.75) is 12.3 Å². The minimum Gasteiger partial charge on any atom is -0.359 e. The van der Waals surface area contributed by atoms with Gasteiger partial charge >= 0.3 is 0 Å². The van der Waals surface area contributed by atoms with E-state index in [2.05, 4.69) is 8.92 Å². The van der Waals surface area contributed by atoms with Gasteiger partial charge in [0.2, 0.25) is 0 Å². The maximum absolute atomic E-state index is 13.1. The van der Waals surface area contributed by atoms with Crippen LogP contribution in [0.1, 0.15) is 6.42 Å². The molecule has 1 fully saturated rings. The predicted octanol–water partition coefficient (Wildman–Crippen LogP) is 0.609. The van der Waals surface area contributed by atoms with E-state index in [0.29, 0.717) is 0 Å². The van der Waals surface area contributed by atoms with Gasteiger partial charge in [-0.3, -0.25) is 4.18 Å². The predicted molar refractivity (Wildman–Crippen MR) is 50.6 cm³/mol. The minimum absolute atomic E-state index is 0.114. The van der Waals surface area contributed by atoms with Gasteiger partial charge in [0.05, 0.1) is 24.9 Å². The van der Waals surface area contributed by atoms with E-state index in [1.165, 1.54) is 7.11 Å². The fraction of sp³-hybridized carbons (Fsp3) is 1.00. The van der Waals surface area contributed by atoms with E-state index in [4.69, 9.17) is 4.74 Å². The summed E-state index contributed by atoms with van der Waals surface area (Å²) in [6, 6.07) is 0. The van der Waals surface area contributed by atoms with Gasteiger partial charge in [0, 0.05) is 13.5 Å². The summed E-state index contributed by atoms with van der Waals surface area (Å²) in [5.41, 5.74) is -1.53. The first-order chi connectivity index (χ1) is 7.22. The lowest BCUT2D eigenvalue weighted by Crippen LogP contribution is -2.26. The quantitative estimate of drug-likeness (QED) is 0.381. The average molecular weight is 260 g/mol. The first-order valence-corrected chi connectivity index (χ1v) is 6.33. The molecular weight excluding hydrogens is 246 g/mol. The van der Waals surface area contributed by atoms with Gasteiger partial charge in [0.25, 0.3) is 16.0 Å². The van der Waals surface area contributed by atoms with Crippen LogP contribution in [0.3, 0.4) is 0 Å². The van der Waals surface area contributed by atoms with Gasteiger partial charge in [-0.05, 0) is 0 Å². The minimum atomic E-state index is -3.72. The van der Waals surface area contributed by atoms with Crippen LogP contribution in [0, 0.1) is 5.41 Å². The summed E-state index contributed by atoms with van der Waals surface area (Å²) < 4.78 is 61.3. The van der Waals surface area contributed by atoms with Crippen molar-refractivity contribution in [2.24, 2.45) is 5.41 Å². The molecule has 1 aliphatic carbocycles. The zero-order valence-electron chi connectivity index (χ0n) is 9.03. The molecule has 0 aromatic carbocycles. The Labute approximate surface area is 92.8 Å². The van der Waals surface area contributed by atoms with E-state index in [1.807, 2.05) is 0 Å². The van der Waals surface area contributed by atoms with Gasteiger partial charge in [0.15, 0.2) is 0 Å². The molecule has 1 aliphatic rings. The molecule has 1 rings (SSSR count). The Kier molecular flexibility index (Phi) is 3.88. The Balaban J connectivity index is 2.49. The molecule has 8 heteroatoms. The number of halogens is 2. The van der Waals surface area contributed by atoms with E-state index in [0.717, 1.165) is 6.26 Å². The normalized spacial score (nSPS) is 28.0. The number of rotatable bonds is 7. The molecule has 96 valence electrons. The first-order valence-electron chi connectivity index (χ1n) is 4.51. The van der Waals surface area contributed by atoms with Crippen molar-refractivity contribution in [3.8, 4) is 0 Å². The number of methoxy groups -OCH3 is 1. The van der Waals surface area contributed by atoms with Crippen molar-refractivity contribution in [3.05, 3.63) is 0 Å². The second-order valence-electron chi connectivity index (χ2n) is 3.88. The van der Waals surface area contributed by atoms with E-state index < -0.39 is 34.5 Å². The van der Waals surface area contributed by atoms with Crippen LogP contribution >= 0.6 is 0 Å². The summed E-state index contributed by atoms with van der Waals surface area (Å²) in [7, 11) is -2.35. The highest BCUT2D eigenvalue weighted by atomic mass is 32.2. The third-order valence-corrected chi connectivity index (χ3v) is 2.89. The van der Waals surface area contributed by atoms with Crippen molar-refractivity contribution in [2.75, 3.05) is 33.4 Å². The second-order valence-corrected chi connectivity index (χ2v) is 5.53. The Morgan fingerprint density at radius 3 is 2.25 bits per heavy atom. The molecule has 0 saturated heterocycles. The van der Waals surface area contributed by atoms with Crippen LogP contribution in [-0.4, -0.2) is 47.7 Å². The highest BCUT2D eigenvalue weighted by Gasteiger charge is 2.71. The van der Waals surface area contributed by atoms with Gasteiger partial charge in [0.1, 0.15) is 6.79 Å². The van der Waals surface area contributed by atoms with Crippen molar-refractivity contribution in [1.29, 1.82) is 0 Å². The smallest absolute Gasteiger partial charge is 0.264 e. The lowest BCUT2D eigenvalue weighted by atomic mass is 10.1. The maximum Gasteiger partial charge on any atom is 0.264 e. The van der Waals surface area contributed by atoms with Crippen LogP contribution in [0.4, 0.5) is 8.78 Å². The molecule has 16 heavy (non-hydrogen) atoms. The zero-order valence-corrected chi connectivity index (χ0v) is 9.85. The number of alkyl halides is 2. The van der Waals surface area contributed by atoms with Crippen LogP contribution in [-0.2, 0) is 23.8 Å². The molecule has 0 spiro atoms. The molecule has 0 aromatic heterocycles. The summed E-state index contributed by atoms with van der Waals surface area (Å²) in [6.07, 6.45) is 0.385. The molecule has 0 heterocycles. The zero-order chi connectivity index (χ0) is 12.4. The van der Waals surface area contributed by atoms with Crippen LogP contribution in [0.2, 0.25) is 0 Å². The number of ether oxygens (including phenoxy) is 2. The lowest BCUT2D eigenvalue weighted by molar-refractivity contribution is -0.0743. The van der Waals surface area contributed by atoms with E-state index >= 15 is 0 Å². The topological polar surface area (TPSA) is 61.8 Å². The molecule has 0 amide bonds. The molecule has 0 aromatic rings. The Bertz CT molecular complexity index is 342. The highest BCUT2D eigenvalue weighted by molar-refractivity contribution is 7.85. The molecule has 5 nitrogen and oxygen atoms in total. The van der Waals surface area contributed by atoms with Gasteiger partial charge in [-0.2, -0.15) is 8.42 Å². The fourth-order valence-corrected chi connectivity index (χ4v) is 1.72. The van der Waals surface area contributed by atoms with Crippen molar-refractivity contribution in [1.82, 2.24) is 0 Å². The lowest BCUT2D eigenvalue weighted by Gasteiger charge is -2.15. The summed E-state index contributed by atoms with van der Waals surface area (Å²) in [6.45, 7) is -0.970.